The van der Waals surface area contributed by atoms with E-state index >= 15 is 0 Å². The van der Waals surface area contributed by atoms with E-state index in [2.05, 4.69) is 5.10 Å². The SMILES string of the molecule is Cc1c(C(=O)O)cnn1CCn1ccccc1=O. The summed E-state index contributed by atoms with van der Waals surface area (Å²) in [5.74, 6) is -0.990. The molecule has 0 spiro atoms. The number of hydrogen-bond acceptors (Lipinski definition) is 3. The lowest BCUT2D eigenvalue weighted by Crippen LogP contribution is -2.21. The molecule has 0 fully saturated rings. The van der Waals surface area contributed by atoms with Gasteiger partial charge in [-0.2, -0.15) is 5.10 Å². The van der Waals surface area contributed by atoms with Gasteiger partial charge in [0, 0.05) is 24.5 Å². The average molecular weight is 247 g/mol. The zero-order valence-corrected chi connectivity index (χ0v) is 9.91. The molecule has 6 nitrogen and oxygen atoms in total. The lowest BCUT2D eigenvalue weighted by Gasteiger charge is -2.07. The van der Waals surface area contributed by atoms with Crippen LogP contribution in [0, 0.1) is 6.92 Å². The Hall–Kier alpha value is -2.37. The highest BCUT2D eigenvalue weighted by molar-refractivity contribution is 5.88. The van der Waals surface area contributed by atoms with Gasteiger partial charge in [-0.15, -0.1) is 0 Å². The van der Waals surface area contributed by atoms with Gasteiger partial charge in [-0.1, -0.05) is 6.07 Å². The third-order valence-electron chi connectivity index (χ3n) is 2.79. The molecule has 2 aromatic heterocycles. The molecule has 0 atom stereocenters. The van der Waals surface area contributed by atoms with E-state index in [0.29, 0.717) is 18.8 Å². The van der Waals surface area contributed by atoms with E-state index in [9.17, 15) is 9.59 Å². The molecule has 2 aromatic rings. The van der Waals surface area contributed by atoms with Gasteiger partial charge in [0.2, 0.25) is 0 Å². The average Bonchev–Trinajstić information content (AvgIpc) is 2.70. The van der Waals surface area contributed by atoms with Crippen LogP contribution in [0.15, 0.2) is 35.4 Å². The van der Waals surface area contributed by atoms with Gasteiger partial charge in [-0.05, 0) is 13.0 Å². The zero-order chi connectivity index (χ0) is 13.1. The van der Waals surface area contributed by atoms with Gasteiger partial charge >= 0.3 is 5.97 Å². The van der Waals surface area contributed by atoms with Crippen LogP contribution in [-0.2, 0) is 13.1 Å². The maximum atomic E-state index is 11.5. The number of aromatic nitrogens is 3. The molecule has 0 bridgehead atoms. The minimum atomic E-state index is -0.990. The first kappa shape index (κ1) is 12.1. The fourth-order valence-corrected chi connectivity index (χ4v) is 1.73. The van der Waals surface area contributed by atoms with Gasteiger partial charge in [0.05, 0.1) is 12.7 Å². The van der Waals surface area contributed by atoms with Crippen LogP contribution in [-0.4, -0.2) is 25.4 Å². The third kappa shape index (κ3) is 2.32. The van der Waals surface area contributed by atoms with E-state index in [0.717, 1.165) is 0 Å². The lowest BCUT2D eigenvalue weighted by molar-refractivity contribution is 0.0696. The Balaban J connectivity index is 2.14. The predicted octanol–water partition coefficient (Wildman–Crippen LogP) is 0.752. The fraction of sp³-hybridized carbons (Fsp3) is 0.250. The third-order valence-corrected chi connectivity index (χ3v) is 2.79. The Morgan fingerprint density at radius 3 is 2.78 bits per heavy atom. The summed E-state index contributed by atoms with van der Waals surface area (Å²) >= 11 is 0. The number of hydrogen-bond donors (Lipinski definition) is 1. The molecule has 2 rings (SSSR count). The number of carboxylic acid groups (broad SMARTS) is 1. The molecule has 0 saturated carbocycles. The molecule has 0 radical (unpaired) electrons. The molecule has 0 aliphatic heterocycles. The summed E-state index contributed by atoms with van der Waals surface area (Å²) in [5, 5.41) is 12.9. The van der Waals surface area contributed by atoms with Crippen molar-refractivity contribution in [2.24, 2.45) is 0 Å². The highest BCUT2D eigenvalue weighted by Crippen LogP contribution is 2.06. The molecule has 0 amide bonds. The van der Waals surface area contributed by atoms with Crippen molar-refractivity contribution >= 4 is 5.97 Å². The van der Waals surface area contributed by atoms with Crippen molar-refractivity contribution in [2.45, 2.75) is 20.0 Å². The monoisotopic (exact) mass is 247 g/mol. The second kappa shape index (κ2) is 4.87. The fourth-order valence-electron chi connectivity index (χ4n) is 1.73. The van der Waals surface area contributed by atoms with Crippen LogP contribution in [0.25, 0.3) is 0 Å². The standard InChI is InChI=1S/C12H13N3O3/c1-9-10(12(17)18)8-13-15(9)7-6-14-5-3-2-4-11(14)16/h2-5,8H,6-7H2,1H3,(H,17,18). The Morgan fingerprint density at radius 2 is 2.17 bits per heavy atom. The smallest absolute Gasteiger partial charge is 0.339 e. The second-order valence-electron chi connectivity index (χ2n) is 3.90. The number of nitrogens with zero attached hydrogens (tertiary/aromatic N) is 3. The number of aromatic carboxylic acids is 1. The molecule has 0 aromatic carbocycles. The summed E-state index contributed by atoms with van der Waals surface area (Å²) in [6, 6.07) is 4.94. The van der Waals surface area contributed by atoms with E-state index in [4.69, 9.17) is 5.11 Å². The van der Waals surface area contributed by atoms with Crippen LogP contribution < -0.4 is 5.56 Å². The molecular formula is C12H13N3O3. The van der Waals surface area contributed by atoms with E-state index in [1.54, 1.807) is 34.5 Å². The summed E-state index contributed by atoms with van der Waals surface area (Å²) in [4.78, 5) is 22.3. The normalized spacial score (nSPS) is 10.5. The van der Waals surface area contributed by atoms with Crippen molar-refractivity contribution in [3.05, 3.63) is 52.2 Å². The Labute approximate surface area is 103 Å². The molecule has 1 N–H and O–H groups in total. The van der Waals surface area contributed by atoms with E-state index in [-0.39, 0.29) is 11.1 Å². The topological polar surface area (TPSA) is 77.1 Å². The molecule has 0 aliphatic rings. The quantitative estimate of drug-likeness (QED) is 0.865. The molecule has 0 unspecified atom stereocenters. The van der Waals surface area contributed by atoms with Crippen LogP contribution in [0.3, 0.4) is 0 Å². The Morgan fingerprint density at radius 1 is 1.39 bits per heavy atom. The lowest BCUT2D eigenvalue weighted by atomic mass is 10.3. The zero-order valence-electron chi connectivity index (χ0n) is 9.91. The van der Waals surface area contributed by atoms with Crippen molar-refractivity contribution in [3.8, 4) is 0 Å². The van der Waals surface area contributed by atoms with Crippen molar-refractivity contribution in [1.29, 1.82) is 0 Å². The molecule has 0 aliphatic carbocycles. The second-order valence-corrected chi connectivity index (χ2v) is 3.90. The number of carboxylic acids is 1. The molecule has 6 heteroatoms. The van der Waals surface area contributed by atoms with Gasteiger partial charge in [0.1, 0.15) is 5.56 Å². The molecular weight excluding hydrogens is 234 g/mol. The van der Waals surface area contributed by atoms with Crippen LogP contribution in [0.4, 0.5) is 0 Å². The summed E-state index contributed by atoms with van der Waals surface area (Å²) in [6.07, 6.45) is 3.02. The summed E-state index contributed by atoms with van der Waals surface area (Å²) in [7, 11) is 0. The Bertz CT molecular complexity index is 627. The maximum Gasteiger partial charge on any atom is 0.339 e. The first-order valence-corrected chi connectivity index (χ1v) is 5.51. The van der Waals surface area contributed by atoms with Crippen molar-refractivity contribution < 1.29 is 9.90 Å². The maximum absolute atomic E-state index is 11.5. The Kier molecular flexibility index (Phi) is 3.27. The first-order chi connectivity index (χ1) is 8.59. The summed E-state index contributed by atoms with van der Waals surface area (Å²) in [6.45, 7) is 2.62. The number of pyridine rings is 1. The van der Waals surface area contributed by atoms with Gasteiger partial charge in [0.25, 0.3) is 5.56 Å². The van der Waals surface area contributed by atoms with Gasteiger partial charge in [-0.25, -0.2) is 4.79 Å². The van der Waals surface area contributed by atoms with Crippen LogP contribution in [0.2, 0.25) is 0 Å². The van der Waals surface area contributed by atoms with Crippen molar-refractivity contribution in [1.82, 2.24) is 14.3 Å². The number of carbonyl (C=O) groups is 1. The van der Waals surface area contributed by atoms with Gasteiger partial charge < -0.3 is 9.67 Å². The van der Waals surface area contributed by atoms with E-state index < -0.39 is 5.97 Å². The first-order valence-electron chi connectivity index (χ1n) is 5.51. The van der Waals surface area contributed by atoms with E-state index in [1.807, 2.05) is 0 Å². The van der Waals surface area contributed by atoms with Gasteiger partial charge in [-0.3, -0.25) is 9.48 Å². The predicted molar refractivity (Wildman–Crippen MR) is 64.6 cm³/mol. The largest absolute Gasteiger partial charge is 0.478 e. The van der Waals surface area contributed by atoms with Crippen LogP contribution in [0.5, 0.6) is 0 Å². The van der Waals surface area contributed by atoms with E-state index in [1.165, 1.54) is 12.3 Å². The highest BCUT2D eigenvalue weighted by Gasteiger charge is 2.12. The summed E-state index contributed by atoms with van der Waals surface area (Å²) in [5.41, 5.74) is 0.697. The molecule has 0 saturated heterocycles. The molecule has 94 valence electrons. The molecule has 18 heavy (non-hydrogen) atoms. The summed E-state index contributed by atoms with van der Waals surface area (Å²) < 4.78 is 3.14. The number of rotatable bonds is 4. The van der Waals surface area contributed by atoms with Gasteiger partial charge in [0.15, 0.2) is 0 Å². The minimum absolute atomic E-state index is 0.0826. The van der Waals surface area contributed by atoms with Crippen LogP contribution >= 0.6 is 0 Å². The minimum Gasteiger partial charge on any atom is -0.478 e. The highest BCUT2D eigenvalue weighted by atomic mass is 16.4. The van der Waals surface area contributed by atoms with Crippen molar-refractivity contribution in [2.75, 3.05) is 0 Å². The molecule has 2 heterocycles. The number of aryl methyl sites for hydroxylation is 2. The van der Waals surface area contributed by atoms with Crippen molar-refractivity contribution in [3.63, 3.8) is 0 Å². The van der Waals surface area contributed by atoms with Crippen LogP contribution in [0.1, 0.15) is 16.1 Å².